The Morgan fingerprint density at radius 3 is 1.39 bits per heavy atom. The maximum atomic E-state index is 2.50. The molecule has 9 rings (SSSR count). The standard InChI is InChI=1S/C50H35N/c1-4-19-36(20-5-1)41-27-14-16-32-47(41)51(49-34-18-31-42(37-21-6-2-7-22-37)50(49)38-23-8-3-9-24-38)48-33-17-15-30-45(48)46-35-39-25-10-11-26-40(39)43-28-12-13-29-44(43)46/h1-35H. The minimum Gasteiger partial charge on any atom is -0.309 e. The molecule has 0 fully saturated rings. The lowest BCUT2D eigenvalue weighted by Crippen LogP contribution is -2.14. The molecule has 0 unspecified atom stereocenters. The number of para-hydroxylation sites is 2. The molecule has 0 spiro atoms. The first-order chi connectivity index (χ1) is 25.3. The van der Waals surface area contributed by atoms with Gasteiger partial charge in [-0.3, -0.25) is 0 Å². The van der Waals surface area contributed by atoms with Gasteiger partial charge in [0.2, 0.25) is 0 Å². The second-order valence-corrected chi connectivity index (χ2v) is 12.9. The van der Waals surface area contributed by atoms with E-state index in [1.165, 1.54) is 66.1 Å². The molecule has 240 valence electrons. The van der Waals surface area contributed by atoms with Crippen molar-refractivity contribution >= 4 is 38.6 Å². The molecule has 0 saturated heterocycles. The number of anilines is 3. The molecule has 0 aromatic heterocycles. The summed E-state index contributed by atoms with van der Waals surface area (Å²) in [5.74, 6) is 0. The zero-order valence-electron chi connectivity index (χ0n) is 28.2. The van der Waals surface area contributed by atoms with Crippen LogP contribution in [0.25, 0.3) is 66.1 Å². The highest BCUT2D eigenvalue weighted by molar-refractivity contribution is 6.15. The summed E-state index contributed by atoms with van der Waals surface area (Å²) in [5, 5.41) is 4.99. The van der Waals surface area contributed by atoms with Crippen LogP contribution in [0.5, 0.6) is 0 Å². The average Bonchev–Trinajstić information content (AvgIpc) is 3.22. The van der Waals surface area contributed by atoms with Crippen molar-refractivity contribution in [3.05, 3.63) is 212 Å². The van der Waals surface area contributed by atoms with Gasteiger partial charge >= 0.3 is 0 Å². The van der Waals surface area contributed by atoms with E-state index in [4.69, 9.17) is 0 Å². The maximum Gasteiger partial charge on any atom is 0.0546 e. The third-order valence-electron chi connectivity index (χ3n) is 9.86. The average molecular weight is 650 g/mol. The Bertz CT molecular complexity index is 2620. The molecular weight excluding hydrogens is 615 g/mol. The number of fused-ring (bicyclic) bond motifs is 3. The monoisotopic (exact) mass is 649 g/mol. The summed E-state index contributed by atoms with van der Waals surface area (Å²) in [6.45, 7) is 0. The van der Waals surface area contributed by atoms with Crippen molar-refractivity contribution in [3.63, 3.8) is 0 Å². The van der Waals surface area contributed by atoms with Crippen LogP contribution in [0.2, 0.25) is 0 Å². The van der Waals surface area contributed by atoms with Crippen molar-refractivity contribution in [2.75, 3.05) is 4.90 Å². The van der Waals surface area contributed by atoms with E-state index in [0.29, 0.717) is 0 Å². The van der Waals surface area contributed by atoms with E-state index in [1.54, 1.807) is 0 Å². The lowest BCUT2D eigenvalue weighted by Gasteiger charge is -2.32. The van der Waals surface area contributed by atoms with Gasteiger partial charge in [0.1, 0.15) is 0 Å². The summed E-state index contributed by atoms with van der Waals surface area (Å²) >= 11 is 0. The zero-order valence-corrected chi connectivity index (χ0v) is 28.2. The molecule has 0 aliphatic carbocycles. The van der Waals surface area contributed by atoms with Gasteiger partial charge in [-0.05, 0) is 73.6 Å². The fourth-order valence-corrected chi connectivity index (χ4v) is 7.59. The fraction of sp³-hybridized carbons (Fsp3) is 0. The molecule has 1 nitrogen and oxygen atoms in total. The number of hydrogen-bond donors (Lipinski definition) is 0. The summed E-state index contributed by atoms with van der Waals surface area (Å²) in [4.78, 5) is 2.50. The van der Waals surface area contributed by atoms with Gasteiger partial charge in [0.05, 0.1) is 17.1 Å². The van der Waals surface area contributed by atoms with Gasteiger partial charge in [0.15, 0.2) is 0 Å². The molecule has 0 saturated carbocycles. The van der Waals surface area contributed by atoms with E-state index < -0.39 is 0 Å². The van der Waals surface area contributed by atoms with Crippen molar-refractivity contribution in [1.29, 1.82) is 0 Å². The molecule has 0 aliphatic rings. The van der Waals surface area contributed by atoms with Crippen LogP contribution in [0, 0.1) is 0 Å². The Labute approximate surface area is 299 Å². The smallest absolute Gasteiger partial charge is 0.0546 e. The molecule has 0 aliphatic heterocycles. The zero-order chi connectivity index (χ0) is 34.0. The lowest BCUT2D eigenvalue weighted by atomic mass is 9.90. The van der Waals surface area contributed by atoms with Crippen molar-refractivity contribution in [1.82, 2.24) is 0 Å². The SMILES string of the molecule is c1ccc(-c2ccccc2N(c2ccccc2-c2cc3ccccc3c3ccccc23)c2cccc(-c3ccccc3)c2-c2ccccc2)cc1. The van der Waals surface area contributed by atoms with Crippen LogP contribution in [0.3, 0.4) is 0 Å². The molecule has 0 bridgehead atoms. The Morgan fingerprint density at radius 1 is 0.255 bits per heavy atom. The Balaban J connectivity index is 1.40. The van der Waals surface area contributed by atoms with E-state index in [9.17, 15) is 0 Å². The van der Waals surface area contributed by atoms with E-state index in [1.807, 2.05) is 0 Å². The van der Waals surface area contributed by atoms with Gasteiger partial charge in [0, 0.05) is 16.7 Å². The molecule has 9 aromatic rings. The number of nitrogens with zero attached hydrogens (tertiary/aromatic N) is 1. The number of rotatable bonds is 7. The van der Waals surface area contributed by atoms with Gasteiger partial charge in [-0.15, -0.1) is 0 Å². The lowest BCUT2D eigenvalue weighted by molar-refractivity contribution is 1.28. The first-order valence-electron chi connectivity index (χ1n) is 17.5. The van der Waals surface area contributed by atoms with Crippen molar-refractivity contribution in [2.45, 2.75) is 0 Å². The molecular formula is C50H35N. The van der Waals surface area contributed by atoms with Crippen LogP contribution in [0.15, 0.2) is 212 Å². The van der Waals surface area contributed by atoms with Gasteiger partial charge in [-0.25, -0.2) is 0 Å². The molecule has 9 aromatic carbocycles. The van der Waals surface area contributed by atoms with Crippen LogP contribution in [-0.2, 0) is 0 Å². The van der Waals surface area contributed by atoms with E-state index >= 15 is 0 Å². The van der Waals surface area contributed by atoms with Crippen molar-refractivity contribution in [3.8, 4) is 44.5 Å². The van der Waals surface area contributed by atoms with Gasteiger partial charge in [0.25, 0.3) is 0 Å². The normalized spacial score (nSPS) is 11.1. The quantitative estimate of drug-likeness (QED) is 0.155. The van der Waals surface area contributed by atoms with Gasteiger partial charge in [-0.1, -0.05) is 188 Å². The summed E-state index contributed by atoms with van der Waals surface area (Å²) in [5.41, 5.74) is 12.8. The first-order valence-corrected chi connectivity index (χ1v) is 17.5. The van der Waals surface area contributed by atoms with Crippen LogP contribution < -0.4 is 4.90 Å². The molecule has 0 N–H and O–H groups in total. The molecule has 51 heavy (non-hydrogen) atoms. The third kappa shape index (κ3) is 5.56. The van der Waals surface area contributed by atoms with E-state index in [0.717, 1.165) is 17.1 Å². The van der Waals surface area contributed by atoms with Crippen molar-refractivity contribution in [2.24, 2.45) is 0 Å². The summed E-state index contributed by atoms with van der Waals surface area (Å²) < 4.78 is 0. The predicted octanol–water partition coefficient (Wildman–Crippen LogP) is 14.1. The molecule has 1 heteroatoms. The summed E-state index contributed by atoms with van der Waals surface area (Å²) in [6, 6.07) is 76.7. The number of benzene rings is 9. The van der Waals surface area contributed by atoms with Gasteiger partial charge < -0.3 is 4.90 Å². The molecule has 0 amide bonds. The van der Waals surface area contributed by atoms with Crippen LogP contribution in [0.1, 0.15) is 0 Å². The third-order valence-corrected chi connectivity index (χ3v) is 9.86. The molecule has 0 heterocycles. The van der Waals surface area contributed by atoms with Crippen LogP contribution >= 0.6 is 0 Å². The maximum absolute atomic E-state index is 2.50. The fourth-order valence-electron chi connectivity index (χ4n) is 7.59. The highest BCUT2D eigenvalue weighted by atomic mass is 15.1. The Morgan fingerprint density at radius 2 is 0.706 bits per heavy atom. The summed E-state index contributed by atoms with van der Waals surface area (Å²) in [7, 11) is 0. The minimum atomic E-state index is 1.11. The van der Waals surface area contributed by atoms with E-state index in [2.05, 4.69) is 217 Å². The van der Waals surface area contributed by atoms with Crippen molar-refractivity contribution < 1.29 is 0 Å². The molecule has 0 atom stereocenters. The first kappa shape index (κ1) is 30.4. The Kier molecular flexibility index (Phi) is 7.92. The summed E-state index contributed by atoms with van der Waals surface area (Å²) in [6.07, 6.45) is 0. The highest BCUT2D eigenvalue weighted by Gasteiger charge is 2.25. The highest BCUT2D eigenvalue weighted by Crippen LogP contribution is 2.50. The second kappa shape index (κ2) is 13.3. The molecule has 0 radical (unpaired) electrons. The van der Waals surface area contributed by atoms with Crippen LogP contribution in [0.4, 0.5) is 17.1 Å². The Hall–Kier alpha value is -6.70. The number of hydrogen-bond acceptors (Lipinski definition) is 1. The predicted molar refractivity (Wildman–Crippen MR) is 218 cm³/mol. The topological polar surface area (TPSA) is 3.24 Å². The largest absolute Gasteiger partial charge is 0.309 e. The minimum absolute atomic E-state index is 1.11. The van der Waals surface area contributed by atoms with Gasteiger partial charge in [-0.2, -0.15) is 0 Å². The van der Waals surface area contributed by atoms with Crippen LogP contribution in [-0.4, -0.2) is 0 Å². The van der Waals surface area contributed by atoms with E-state index in [-0.39, 0.29) is 0 Å². The second-order valence-electron chi connectivity index (χ2n) is 12.9.